The van der Waals surface area contributed by atoms with E-state index in [1.807, 2.05) is 0 Å². The predicted molar refractivity (Wildman–Crippen MR) is 141 cm³/mol. The number of benzene rings is 3. The minimum atomic E-state index is -3.95. The summed E-state index contributed by atoms with van der Waals surface area (Å²) < 4.78 is 27.8. The highest BCUT2D eigenvalue weighted by Crippen LogP contribution is 2.29. The van der Waals surface area contributed by atoms with E-state index in [2.05, 4.69) is 20.0 Å². The Morgan fingerprint density at radius 1 is 0.789 bits per heavy atom. The van der Waals surface area contributed by atoms with Crippen LogP contribution < -0.4 is 14.9 Å². The standard InChI is InChI=1S/C27H21N5O5S/c1-16-14-17(2)29-27(28-16)31-38(36,37)21-12-10-19(11-13-21)30-24(33)18-6-5-7-20(15-18)32-25(34)22-8-3-4-9-23(22)26(32)35/h3-15H,1-2H3,(H,30,33)(H,28,29,31). The first kappa shape index (κ1) is 24.8. The van der Waals surface area contributed by atoms with Gasteiger partial charge in [-0.15, -0.1) is 0 Å². The van der Waals surface area contributed by atoms with Crippen molar-refractivity contribution < 1.29 is 22.8 Å². The number of aromatic nitrogens is 2. The molecule has 0 bridgehead atoms. The molecule has 0 saturated heterocycles. The van der Waals surface area contributed by atoms with Crippen LogP contribution >= 0.6 is 0 Å². The van der Waals surface area contributed by atoms with Gasteiger partial charge >= 0.3 is 0 Å². The first-order valence-corrected chi connectivity index (χ1v) is 12.9. The van der Waals surface area contributed by atoms with Crippen molar-refractivity contribution in [2.45, 2.75) is 18.7 Å². The number of anilines is 3. The molecule has 1 aliphatic heterocycles. The molecule has 2 N–H and O–H groups in total. The second-order valence-electron chi connectivity index (χ2n) is 8.60. The van der Waals surface area contributed by atoms with Gasteiger partial charge in [-0.2, -0.15) is 0 Å². The van der Waals surface area contributed by atoms with E-state index in [1.54, 1.807) is 62.4 Å². The van der Waals surface area contributed by atoms with Crippen molar-refractivity contribution in [1.82, 2.24) is 9.97 Å². The Morgan fingerprint density at radius 3 is 2.00 bits per heavy atom. The molecule has 11 heteroatoms. The summed E-state index contributed by atoms with van der Waals surface area (Å²) in [5.74, 6) is -1.45. The van der Waals surface area contributed by atoms with Gasteiger partial charge in [-0.3, -0.25) is 14.4 Å². The molecule has 4 aromatic rings. The van der Waals surface area contributed by atoms with Crippen molar-refractivity contribution >= 4 is 45.1 Å². The molecule has 1 aliphatic rings. The van der Waals surface area contributed by atoms with E-state index in [0.717, 1.165) is 4.90 Å². The number of hydrogen-bond donors (Lipinski definition) is 2. The number of fused-ring (bicyclic) bond motifs is 1. The van der Waals surface area contributed by atoms with E-state index < -0.39 is 27.7 Å². The summed E-state index contributed by atoms with van der Waals surface area (Å²) in [4.78, 5) is 47.6. The molecule has 38 heavy (non-hydrogen) atoms. The van der Waals surface area contributed by atoms with E-state index in [4.69, 9.17) is 0 Å². The second-order valence-corrected chi connectivity index (χ2v) is 10.3. The average Bonchev–Trinajstić information content (AvgIpc) is 3.13. The molecule has 1 aromatic heterocycles. The summed E-state index contributed by atoms with van der Waals surface area (Å²) >= 11 is 0. The Labute approximate surface area is 218 Å². The fourth-order valence-electron chi connectivity index (χ4n) is 4.08. The number of carbonyl (C=O) groups is 3. The zero-order chi connectivity index (χ0) is 27.0. The van der Waals surface area contributed by atoms with Gasteiger partial charge in [0.2, 0.25) is 5.95 Å². The molecule has 5 rings (SSSR count). The first-order valence-electron chi connectivity index (χ1n) is 11.5. The molecule has 3 aromatic carbocycles. The number of sulfonamides is 1. The smallest absolute Gasteiger partial charge is 0.266 e. The maximum Gasteiger partial charge on any atom is 0.266 e. The van der Waals surface area contributed by atoms with Crippen LogP contribution in [0.15, 0.2) is 83.8 Å². The molecule has 0 saturated carbocycles. The summed E-state index contributed by atoms with van der Waals surface area (Å²) in [6, 6.07) is 20.0. The third-order valence-corrected chi connectivity index (χ3v) is 7.14. The van der Waals surface area contributed by atoms with Crippen molar-refractivity contribution in [1.29, 1.82) is 0 Å². The monoisotopic (exact) mass is 527 g/mol. The van der Waals surface area contributed by atoms with Crippen molar-refractivity contribution in [3.63, 3.8) is 0 Å². The van der Waals surface area contributed by atoms with Gasteiger partial charge in [0.05, 0.1) is 21.7 Å². The molecule has 0 spiro atoms. The van der Waals surface area contributed by atoms with Crippen molar-refractivity contribution in [2.24, 2.45) is 0 Å². The van der Waals surface area contributed by atoms with Crippen LogP contribution in [0, 0.1) is 13.8 Å². The summed E-state index contributed by atoms with van der Waals surface area (Å²) in [6.45, 7) is 3.47. The van der Waals surface area contributed by atoms with Crippen molar-refractivity contribution in [2.75, 3.05) is 14.9 Å². The fourth-order valence-corrected chi connectivity index (χ4v) is 5.03. The quantitative estimate of drug-likeness (QED) is 0.362. The second kappa shape index (κ2) is 9.52. The Balaban J connectivity index is 1.31. The van der Waals surface area contributed by atoms with Gasteiger partial charge in [0.25, 0.3) is 27.7 Å². The molecule has 10 nitrogen and oxygen atoms in total. The molecular formula is C27H21N5O5S. The number of rotatable bonds is 6. The third kappa shape index (κ3) is 4.74. The van der Waals surface area contributed by atoms with Crippen LogP contribution in [-0.2, 0) is 10.0 Å². The van der Waals surface area contributed by atoms with Gasteiger partial charge in [-0.1, -0.05) is 18.2 Å². The predicted octanol–water partition coefficient (Wildman–Crippen LogP) is 3.95. The maximum absolute atomic E-state index is 12.9. The third-order valence-electron chi connectivity index (χ3n) is 5.79. The number of imide groups is 1. The Hall–Kier alpha value is -4.90. The van der Waals surface area contributed by atoms with E-state index in [1.165, 1.54) is 30.3 Å². The lowest BCUT2D eigenvalue weighted by Gasteiger charge is -2.15. The zero-order valence-corrected chi connectivity index (χ0v) is 21.1. The van der Waals surface area contributed by atoms with E-state index in [0.29, 0.717) is 28.2 Å². The van der Waals surface area contributed by atoms with Crippen LogP contribution in [0.1, 0.15) is 42.5 Å². The molecule has 0 radical (unpaired) electrons. The maximum atomic E-state index is 12.9. The van der Waals surface area contributed by atoms with Crippen LogP contribution in [0.4, 0.5) is 17.3 Å². The average molecular weight is 528 g/mol. The van der Waals surface area contributed by atoms with Crippen molar-refractivity contribution in [3.05, 3.63) is 107 Å². The van der Waals surface area contributed by atoms with Crippen LogP contribution in [0.25, 0.3) is 0 Å². The Bertz CT molecular complexity index is 1660. The fraction of sp³-hybridized carbons (Fsp3) is 0.0741. The molecule has 0 aliphatic carbocycles. The molecule has 3 amide bonds. The number of nitrogens with zero attached hydrogens (tertiary/aromatic N) is 3. The van der Waals surface area contributed by atoms with E-state index >= 15 is 0 Å². The van der Waals surface area contributed by atoms with Gasteiger partial charge in [-0.25, -0.2) is 28.0 Å². The molecule has 190 valence electrons. The topological polar surface area (TPSA) is 138 Å². The molecule has 0 fully saturated rings. The highest BCUT2D eigenvalue weighted by atomic mass is 32.2. The largest absolute Gasteiger partial charge is 0.322 e. The highest BCUT2D eigenvalue weighted by Gasteiger charge is 2.36. The van der Waals surface area contributed by atoms with Gasteiger partial charge in [0.15, 0.2) is 0 Å². The van der Waals surface area contributed by atoms with Crippen LogP contribution in [0.3, 0.4) is 0 Å². The summed E-state index contributed by atoms with van der Waals surface area (Å²) in [5.41, 5.74) is 2.69. The number of aryl methyl sites for hydroxylation is 2. The van der Waals surface area contributed by atoms with Crippen LogP contribution in [0.2, 0.25) is 0 Å². The minimum absolute atomic E-state index is 0.0298. The lowest BCUT2D eigenvalue weighted by Crippen LogP contribution is -2.29. The summed E-state index contributed by atoms with van der Waals surface area (Å²) in [7, 11) is -3.95. The summed E-state index contributed by atoms with van der Waals surface area (Å²) in [5, 5.41) is 2.69. The van der Waals surface area contributed by atoms with Crippen LogP contribution in [-0.4, -0.2) is 36.1 Å². The van der Waals surface area contributed by atoms with Gasteiger partial charge < -0.3 is 5.32 Å². The SMILES string of the molecule is Cc1cc(C)nc(NS(=O)(=O)c2ccc(NC(=O)c3cccc(N4C(=O)c5ccccc5C4=O)c3)cc2)n1. The normalized spacial score (nSPS) is 12.8. The molecular weight excluding hydrogens is 506 g/mol. The highest BCUT2D eigenvalue weighted by molar-refractivity contribution is 7.92. The number of hydrogen-bond acceptors (Lipinski definition) is 7. The summed E-state index contributed by atoms with van der Waals surface area (Å²) in [6.07, 6.45) is 0. The molecule has 0 unspecified atom stereocenters. The number of amides is 3. The number of nitrogens with one attached hydrogen (secondary N) is 2. The molecule has 2 heterocycles. The Morgan fingerprint density at radius 2 is 1.39 bits per heavy atom. The lowest BCUT2D eigenvalue weighted by atomic mass is 10.1. The van der Waals surface area contributed by atoms with Gasteiger partial charge in [-0.05, 0) is 74.5 Å². The van der Waals surface area contributed by atoms with Crippen molar-refractivity contribution in [3.8, 4) is 0 Å². The van der Waals surface area contributed by atoms with E-state index in [9.17, 15) is 22.8 Å². The van der Waals surface area contributed by atoms with Gasteiger partial charge in [0.1, 0.15) is 0 Å². The zero-order valence-electron chi connectivity index (χ0n) is 20.3. The minimum Gasteiger partial charge on any atom is -0.322 e. The first-order chi connectivity index (χ1) is 18.1. The van der Waals surface area contributed by atoms with E-state index in [-0.39, 0.29) is 22.1 Å². The molecule has 0 atom stereocenters. The van der Waals surface area contributed by atoms with Gasteiger partial charge in [0, 0.05) is 22.6 Å². The Kier molecular flexibility index (Phi) is 6.21. The van der Waals surface area contributed by atoms with Crippen LogP contribution in [0.5, 0.6) is 0 Å². The number of carbonyl (C=O) groups excluding carboxylic acids is 3. The lowest BCUT2D eigenvalue weighted by molar-refractivity contribution is 0.0924.